The highest BCUT2D eigenvalue weighted by Gasteiger charge is 2.11. The zero-order chi connectivity index (χ0) is 15.4. The molecule has 0 fully saturated rings. The molecule has 0 aliphatic carbocycles. The van der Waals surface area contributed by atoms with Crippen LogP contribution in [0.4, 0.5) is 11.4 Å². The smallest absolute Gasteiger partial charge is 0.269 e. The molecule has 0 saturated carbocycles. The minimum absolute atomic E-state index is 0.0261. The van der Waals surface area contributed by atoms with Crippen LogP contribution in [0.2, 0.25) is 5.02 Å². The van der Waals surface area contributed by atoms with Crippen LogP contribution in [0.5, 0.6) is 5.75 Å². The van der Waals surface area contributed by atoms with E-state index in [4.69, 9.17) is 16.3 Å². The monoisotopic (exact) mass is 308 g/mol. The average Bonchev–Trinajstić information content (AvgIpc) is 2.46. The first kappa shape index (κ1) is 14.7. The molecule has 0 unspecified atom stereocenters. The first-order valence-electron chi connectivity index (χ1n) is 5.77. The van der Waals surface area contributed by atoms with Gasteiger partial charge >= 0.3 is 0 Å². The highest BCUT2D eigenvalue weighted by Crippen LogP contribution is 2.24. The number of hydrogen-bond acceptors (Lipinski definition) is 5. The molecule has 0 amide bonds. The molecule has 0 heterocycles. The fourth-order valence-electron chi connectivity index (χ4n) is 1.61. The zero-order valence-electron chi connectivity index (χ0n) is 10.6. The van der Waals surface area contributed by atoms with Gasteiger partial charge in [-0.15, -0.1) is 0 Å². The predicted molar refractivity (Wildman–Crippen MR) is 75.5 cm³/mol. The van der Waals surface area contributed by atoms with Gasteiger partial charge in [0, 0.05) is 34.9 Å². The lowest BCUT2D eigenvalue weighted by atomic mass is 10.2. The van der Waals surface area contributed by atoms with Crippen LogP contribution in [-0.4, -0.2) is 9.85 Å². The third-order valence-electron chi connectivity index (χ3n) is 2.68. The molecule has 0 radical (unpaired) electrons. The van der Waals surface area contributed by atoms with Crippen LogP contribution < -0.4 is 4.74 Å². The molecule has 2 rings (SSSR count). The summed E-state index contributed by atoms with van der Waals surface area (Å²) in [5.41, 5.74) is 0.335. The summed E-state index contributed by atoms with van der Waals surface area (Å²) < 4.78 is 5.41. The van der Waals surface area contributed by atoms with Crippen molar-refractivity contribution < 1.29 is 14.6 Å². The molecule has 0 aliphatic heterocycles. The Hall–Kier alpha value is -2.67. The summed E-state index contributed by atoms with van der Waals surface area (Å²) in [6.07, 6.45) is 0. The van der Waals surface area contributed by atoms with Gasteiger partial charge in [0.25, 0.3) is 11.4 Å². The largest absolute Gasteiger partial charge is 0.489 e. The molecule has 2 aromatic rings. The summed E-state index contributed by atoms with van der Waals surface area (Å²) in [7, 11) is 0. The molecule has 0 aromatic heterocycles. The Labute approximate surface area is 124 Å². The molecule has 0 spiro atoms. The van der Waals surface area contributed by atoms with Crippen LogP contribution >= 0.6 is 11.6 Å². The summed E-state index contributed by atoms with van der Waals surface area (Å²) in [5.74, 6) is 0.406. The Morgan fingerprint density at radius 1 is 0.952 bits per heavy atom. The minimum Gasteiger partial charge on any atom is -0.489 e. The number of nitro benzene ring substituents is 2. The number of nitrogens with zero attached hydrogens (tertiary/aromatic N) is 2. The van der Waals surface area contributed by atoms with Gasteiger partial charge in [-0.05, 0) is 18.2 Å². The maximum absolute atomic E-state index is 10.7. The third kappa shape index (κ3) is 3.67. The van der Waals surface area contributed by atoms with E-state index in [1.54, 1.807) is 0 Å². The van der Waals surface area contributed by atoms with E-state index in [0.717, 1.165) is 0 Å². The molecular weight excluding hydrogens is 300 g/mol. The predicted octanol–water partition coefficient (Wildman–Crippen LogP) is 3.74. The maximum atomic E-state index is 10.7. The summed E-state index contributed by atoms with van der Waals surface area (Å²) >= 11 is 5.94. The molecule has 0 N–H and O–H groups in total. The molecule has 2 aromatic carbocycles. The standard InChI is InChI=1S/C13H9ClN2O5/c14-13-6-3-11(16(19)20)7-9(13)8-21-12-4-1-10(2-5-12)15(17)18/h1-7H,8H2. The molecule has 7 nitrogen and oxygen atoms in total. The fraction of sp³-hybridized carbons (Fsp3) is 0.0769. The number of halogens is 1. The molecule has 21 heavy (non-hydrogen) atoms. The second kappa shape index (κ2) is 6.19. The quantitative estimate of drug-likeness (QED) is 0.619. The van der Waals surface area contributed by atoms with E-state index in [1.165, 1.54) is 42.5 Å². The van der Waals surface area contributed by atoms with E-state index in [1.807, 2.05) is 0 Å². The van der Waals surface area contributed by atoms with E-state index in [-0.39, 0.29) is 18.0 Å². The van der Waals surface area contributed by atoms with Gasteiger partial charge in [-0.25, -0.2) is 0 Å². The van der Waals surface area contributed by atoms with Gasteiger partial charge in [0.05, 0.1) is 9.85 Å². The van der Waals surface area contributed by atoms with Crippen molar-refractivity contribution >= 4 is 23.0 Å². The lowest BCUT2D eigenvalue weighted by Crippen LogP contribution is -1.98. The molecule has 108 valence electrons. The van der Waals surface area contributed by atoms with Gasteiger partial charge in [-0.2, -0.15) is 0 Å². The molecule has 0 bridgehead atoms. The topological polar surface area (TPSA) is 95.5 Å². The first-order valence-corrected chi connectivity index (χ1v) is 6.15. The zero-order valence-corrected chi connectivity index (χ0v) is 11.3. The van der Waals surface area contributed by atoms with E-state index in [2.05, 4.69) is 0 Å². The number of benzene rings is 2. The van der Waals surface area contributed by atoms with Crippen LogP contribution in [0.25, 0.3) is 0 Å². The molecular formula is C13H9ClN2O5. The van der Waals surface area contributed by atoms with Crippen LogP contribution in [0.1, 0.15) is 5.56 Å². The lowest BCUT2D eigenvalue weighted by Gasteiger charge is -2.07. The number of hydrogen-bond donors (Lipinski definition) is 0. The second-order valence-corrected chi connectivity index (χ2v) is 4.48. The van der Waals surface area contributed by atoms with Gasteiger partial charge in [-0.1, -0.05) is 11.6 Å². The lowest BCUT2D eigenvalue weighted by molar-refractivity contribution is -0.385. The highest BCUT2D eigenvalue weighted by molar-refractivity contribution is 6.31. The van der Waals surface area contributed by atoms with Crippen molar-refractivity contribution in [1.82, 2.24) is 0 Å². The molecule has 0 saturated heterocycles. The Morgan fingerprint density at radius 3 is 2.10 bits per heavy atom. The Bertz CT molecular complexity index is 687. The Morgan fingerprint density at radius 2 is 1.52 bits per heavy atom. The van der Waals surface area contributed by atoms with Gasteiger partial charge < -0.3 is 4.74 Å². The van der Waals surface area contributed by atoms with Crippen LogP contribution in [0.3, 0.4) is 0 Å². The number of non-ortho nitro benzene ring substituents is 2. The van der Waals surface area contributed by atoms with Crippen molar-refractivity contribution in [3.05, 3.63) is 73.3 Å². The number of nitro groups is 2. The maximum Gasteiger partial charge on any atom is 0.269 e. The third-order valence-corrected chi connectivity index (χ3v) is 3.05. The van der Waals surface area contributed by atoms with Crippen LogP contribution in [0, 0.1) is 20.2 Å². The van der Waals surface area contributed by atoms with Gasteiger partial charge in [0.15, 0.2) is 0 Å². The molecule has 0 aliphatic rings. The van der Waals surface area contributed by atoms with Gasteiger partial charge in [0.2, 0.25) is 0 Å². The molecule has 8 heteroatoms. The fourth-order valence-corrected chi connectivity index (χ4v) is 1.78. The average molecular weight is 309 g/mol. The second-order valence-electron chi connectivity index (χ2n) is 4.07. The van der Waals surface area contributed by atoms with Gasteiger partial charge in [-0.3, -0.25) is 20.2 Å². The number of ether oxygens (including phenoxy) is 1. The van der Waals surface area contributed by atoms with E-state index in [9.17, 15) is 20.2 Å². The summed E-state index contributed by atoms with van der Waals surface area (Å²) in [6.45, 7) is 0.0261. The highest BCUT2D eigenvalue weighted by atomic mass is 35.5. The van der Waals surface area contributed by atoms with E-state index < -0.39 is 9.85 Å². The molecule has 0 atom stereocenters. The van der Waals surface area contributed by atoms with Crippen molar-refractivity contribution in [2.45, 2.75) is 6.61 Å². The van der Waals surface area contributed by atoms with E-state index in [0.29, 0.717) is 16.3 Å². The van der Waals surface area contributed by atoms with Gasteiger partial charge in [0.1, 0.15) is 12.4 Å². The summed E-state index contributed by atoms with van der Waals surface area (Å²) in [4.78, 5) is 20.2. The first-order chi connectivity index (χ1) is 9.97. The van der Waals surface area contributed by atoms with Crippen LogP contribution in [0.15, 0.2) is 42.5 Å². The van der Waals surface area contributed by atoms with Crippen molar-refractivity contribution in [2.75, 3.05) is 0 Å². The van der Waals surface area contributed by atoms with Crippen molar-refractivity contribution in [3.8, 4) is 5.75 Å². The minimum atomic E-state index is -0.522. The van der Waals surface area contributed by atoms with Crippen molar-refractivity contribution in [2.24, 2.45) is 0 Å². The SMILES string of the molecule is O=[N+]([O-])c1ccc(OCc2cc([N+](=O)[O-])ccc2Cl)cc1. The Kier molecular flexibility index (Phi) is 4.34. The van der Waals surface area contributed by atoms with Crippen molar-refractivity contribution in [1.29, 1.82) is 0 Å². The summed E-state index contributed by atoms with van der Waals surface area (Å²) in [5, 5.41) is 21.6. The normalized spacial score (nSPS) is 10.1. The Balaban J connectivity index is 2.10. The summed E-state index contributed by atoms with van der Waals surface area (Å²) in [6, 6.07) is 9.57. The van der Waals surface area contributed by atoms with E-state index >= 15 is 0 Å². The van der Waals surface area contributed by atoms with Crippen LogP contribution in [-0.2, 0) is 6.61 Å². The van der Waals surface area contributed by atoms with Crippen molar-refractivity contribution in [3.63, 3.8) is 0 Å². The number of rotatable bonds is 5.